The fourth-order valence-electron chi connectivity index (χ4n) is 4.16. The standard InChI is InChI=1S/C28H27N3O5/c1-18(2)30(21-9-5-4-6-10-21)22-15-13-20(14-16-22)29-25(32)17-36-28(35)19(3)31-26(33)23-11-7-8-12-24(23)27(31)34/h4-16,18-19H,17H2,1-3H3,(H,29,32)/t19-/m0/s1. The van der Waals surface area contributed by atoms with E-state index in [-0.39, 0.29) is 17.2 Å². The average Bonchev–Trinajstić information content (AvgIpc) is 3.13. The van der Waals surface area contributed by atoms with E-state index in [0.29, 0.717) is 5.69 Å². The van der Waals surface area contributed by atoms with E-state index in [4.69, 9.17) is 4.74 Å². The van der Waals surface area contributed by atoms with Crippen LogP contribution in [0.5, 0.6) is 0 Å². The summed E-state index contributed by atoms with van der Waals surface area (Å²) in [6, 6.07) is 22.8. The molecule has 0 unspecified atom stereocenters. The Balaban J connectivity index is 1.33. The van der Waals surface area contributed by atoms with E-state index in [2.05, 4.69) is 24.1 Å². The van der Waals surface area contributed by atoms with E-state index in [9.17, 15) is 19.2 Å². The Labute approximate surface area is 209 Å². The first-order valence-electron chi connectivity index (χ1n) is 11.7. The Bertz CT molecular complexity index is 1250. The number of hydrogen-bond donors (Lipinski definition) is 1. The zero-order chi connectivity index (χ0) is 25.8. The third kappa shape index (κ3) is 4.98. The van der Waals surface area contributed by atoms with Crippen molar-refractivity contribution in [3.8, 4) is 0 Å². The summed E-state index contributed by atoms with van der Waals surface area (Å²) in [6.07, 6.45) is 0. The summed E-state index contributed by atoms with van der Waals surface area (Å²) in [5.41, 5.74) is 3.06. The van der Waals surface area contributed by atoms with E-state index >= 15 is 0 Å². The predicted octanol–water partition coefficient (Wildman–Crippen LogP) is 4.40. The SMILES string of the molecule is CC(C)N(c1ccccc1)c1ccc(NC(=O)COC(=O)[C@H](C)N2C(=O)c3ccccc3C2=O)cc1. The number of ether oxygens (including phenoxy) is 1. The van der Waals surface area contributed by atoms with E-state index in [1.54, 1.807) is 24.3 Å². The Kier molecular flexibility index (Phi) is 7.15. The minimum atomic E-state index is -1.16. The first-order chi connectivity index (χ1) is 17.3. The number of anilines is 3. The van der Waals surface area contributed by atoms with Crippen LogP contribution in [-0.4, -0.2) is 47.3 Å². The second kappa shape index (κ2) is 10.4. The lowest BCUT2D eigenvalue weighted by Gasteiger charge is -2.29. The monoisotopic (exact) mass is 485 g/mol. The first-order valence-corrected chi connectivity index (χ1v) is 11.7. The normalized spacial score (nSPS) is 13.4. The molecule has 3 amide bonds. The van der Waals surface area contributed by atoms with Crippen LogP contribution in [0.4, 0.5) is 17.1 Å². The smallest absolute Gasteiger partial charge is 0.329 e. The van der Waals surface area contributed by atoms with Crippen LogP contribution in [0.2, 0.25) is 0 Å². The van der Waals surface area contributed by atoms with Crippen LogP contribution in [0, 0.1) is 0 Å². The molecule has 8 nitrogen and oxygen atoms in total. The van der Waals surface area contributed by atoms with Crippen LogP contribution in [0.25, 0.3) is 0 Å². The molecule has 0 bridgehead atoms. The van der Waals surface area contributed by atoms with Gasteiger partial charge >= 0.3 is 5.97 Å². The lowest BCUT2D eigenvalue weighted by molar-refractivity contribution is -0.150. The molecule has 0 aliphatic carbocycles. The van der Waals surface area contributed by atoms with Crippen molar-refractivity contribution >= 4 is 40.8 Å². The molecule has 3 aromatic carbocycles. The summed E-state index contributed by atoms with van der Waals surface area (Å²) >= 11 is 0. The maximum Gasteiger partial charge on any atom is 0.329 e. The van der Waals surface area contributed by atoms with Crippen molar-refractivity contribution in [3.05, 3.63) is 90.0 Å². The van der Waals surface area contributed by atoms with Gasteiger partial charge in [-0.1, -0.05) is 30.3 Å². The Hall–Kier alpha value is -4.46. The second-order valence-corrected chi connectivity index (χ2v) is 8.70. The number of amides is 3. The van der Waals surface area contributed by atoms with Crippen molar-refractivity contribution in [1.29, 1.82) is 0 Å². The van der Waals surface area contributed by atoms with Gasteiger partial charge in [0.2, 0.25) is 0 Å². The zero-order valence-electron chi connectivity index (χ0n) is 20.3. The number of nitrogens with zero attached hydrogens (tertiary/aromatic N) is 2. The third-order valence-corrected chi connectivity index (χ3v) is 5.88. The number of imide groups is 1. The van der Waals surface area contributed by atoms with E-state index in [1.807, 2.05) is 42.5 Å². The quantitative estimate of drug-likeness (QED) is 0.375. The van der Waals surface area contributed by atoms with E-state index in [0.717, 1.165) is 16.3 Å². The number of rotatable bonds is 8. The summed E-state index contributed by atoms with van der Waals surface area (Å²) in [6.45, 7) is 5.05. The molecule has 4 rings (SSSR count). The molecule has 0 saturated carbocycles. The molecular formula is C28H27N3O5. The lowest BCUT2D eigenvalue weighted by atomic mass is 10.1. The third-order valence-electron chi connectivity index (χ3n) is 5.88. The molecule has 36 heavy (non-hydrogen) atoms. The van der Waals surface area contributed by atoms with Crippen molar-refractivity contribution in [3.63, 3.8) is 0 Å². The molecule has 0 fully saturated rings. The summed E-state index contributed by atoms with van der Waals surface area (Å²) in [4.78, 5) is 53.0. The van der Waals surface area contributed by atoms with Gasteiger partial charge in [-0.15, -0.1) is 0 Å². The number of fused-ring (bicyclic) bond motifs is 1. The molecule has 1 atom stereocenters. The Morgan fingerprint density at radius 2 is 1.33 bits per heavy atom. The molecule has 0 aromatic heterocycles. The Morgan fingerprint density at radius 1 is 0.806 bits per heavy atom. The van der Waals surface area contributed by atoms with Crippen molar-refractivity contribution in [1.82, 2.24) is 4.90 Å². The number of hydrogen-bond acceptors (Lipinski definition) is 6. The molecule has 0 radical (unpaired) electrons. The van der Waals surface area contributed by atoms with Gasteiger partial charge in [0.25, 0.3) is 17.7 Å². The first kappa shape index (κ1) is 24.7. The van der Waals surface area contributed by atoms with E-state index < -0.39 is 36.3 Å². The van der Waals surface area contributed by atoms with Crippen LogP contribution >= 0.6 is 0 Å². The maximum atomic E-state index is 12.6. The van der Waals surface area contributed by atoms with Crippen molar-refractivity contribution in [2.24, 2.45) is 0 Å². The molecule has 1 aliphatic rings. The van der Waals surface area contributed by atoms with Crippen LogP contribution in [-0.2, 0) is 14.3 Å². The predicted molar refractivity (Wildman–Crippen MR) is 136 cm³/mol. The second-order valence-electron chi connectivity index (χ2n) is 8.70. The molecule has 8 heteroatoms. The molecule has 1 heterocycles. The average molecular weight is 486 g/mol. The van der Waals surface area contributed by atoms with Gasteiger partial charge in [0.05, 0.1) is 11.1 Å². The topological polar surface area (TPSA) is 96.0 Å². The van der Waals surface area contributed by atoms with Crippen LogP contribution in [0.15, 0.2) is 78.9 Å². The lowest BCUT2D eigenvalue weighted by Crippen LogP contribution is -2.44. The highest BCUT2D eigenvalue weighted by Gasteiger charge is 2.41. The largest absolute Gasteiger partial charge is 0.454 e. The fraction of sp³-hybridized carbons (Fsp3) is 0.214. The van der Waals surface area contributed by atoms with Gasteiger partial charge in [-0.3, -0.25) is 19.3 Å². The van der Waals surface area contributed by atoms with Crippen molar-refractivity contribution in [2.45, 2.75) is 32.9 Å². The highest BCUT2D eigenvalue weighted by Crippen LogP contribution is 2.29. The molecular weight excluding hydrogens is 458 g/mol. The molecule has 0 saturated heterocycles. The fourth-order valence-corrected chi connectivity index (χ4v) is 4.16. The molecule has 0 spiro atoms. The van der Waals surface area contributed by atoms with Gasteiger partial charge < -0.3 is 15.0 Å². The molecule has 1 aliphatic heterocycles. The van der Waals surface area contributed by atoms with Gasteiger partial charge in [0, 0.05) is 23.1 Å². The molecule has 184 valence electrons. The van der Waals surface area contributed by atoms with Gasteiger partial charge in [-0.05, 0) is 69.3 Å². The minimum Gasteiger partial charge on any atom is -0.454 e. The highest BCUT2D eigenvalue weighted by atomic mass is 16.5. The van der Waals surface area contributed by atoms with Crippen LogP contribution < -0.4 is 10.2 Å². The highest BCUT2D eigenvalue weighted by molar-refractivity contribution is 6.22. The van der Waals surface area contributed by atoms with Crippen LogP contribution in [0.3, 0.4) is 0 Å². The van der Waals surface area contributed by atoms with Crippen molar-refractivity contribution in [2.75, 3.05) is 16.8 Å². The number of nitrogens with one attached hydrogen (secondary N) is 1. The number of benzene rings is 3. The summed E-state index contributed by atoms with van der Waals surface area (Å²) in [7, 11) is 0. The van der Waals surface area contributed by atoms with Crippen molar-refractivity contribution < 1.29 is 23.9 Å². The maximum absolute atomic E-state index is 12.6. The zero-order valence-corrected chi connectivity index (χ0v) is 20.3. The van der Waals surface area contributed by atoms with Gasteiger partial charge in [0.1, 0.15) is 6.04 Å². The molecule has 3 aromatic rings. The number of esters is 1. The van der Waals surface area contributed by atoms with Gasteiger partial charge in [-0.2, -0.15) is 0 Å². The Morgan fingerprint density at radius 3 is 1.89 bits per heavy atom. The number of carbonyl (C=O) groups excluding carboxylic acids is 4. The number of carbonyl (C=O) groups is 4. The molecule has 1 N–H and O–H groups in total. The van der Waals surface area contributed by atoms with Gasteiger partial charge in [0.15, 0.2) is 6.61 Å². The summed E-state index contributed by atoms with van der Waals surface area (Å²) < 4.78 is 5.09. The van der Waals surface area contributed by atoms with Gasteiger partial charge in [-0.25, -0.2) is 4.79 Å². The number of para-hydroxylation sites is 1. The van der Waals surface area contributed by atoms with E-state index in [1.165, 1.54) is 19.1 Å². The summed E-state index contributed by atoms with van der Waals surface area (Å²) in [5.74, 6) is -2.49. The summed E-state index contributed by atoms with van der Waals surface area (Å²) in [5, 5.41) is 2.69. The van der Waals surface area contributed by atoms with Crippen LogP contribution in [0.1, 0.15) is 41.5 Å². The minimum absolute atomic E-state index is 0.219.